The number of ether oxygens (including phenoxy) is 1. The Morgan fingerprint density at radius 3 is 2.69 bits per heavy atom. The molecule has 3 saturated carbocycles. The number of fused-ring (bicyclic) bond motifs is 5. The first-order valence-corrected chi connectivity index (χ1v) is 18.4. The minimum absolute atomic E-state index is 0.0516. The van der Waals surface area contributed by atoms with Crippen molar-refractivity contribution in [1.82, 2.24) is 5.32 Å². The number of nitrogens with two attached hydrogens (primary N) is 1. The molecule has 0 radical (unpaired) electrons. The van der Waals surface area contributed by atoms with Crippen molar-refractivity contribution in [3.05, 3.63) is 23.9 Å². The molecule has 39 heavy (non-hydrogen) atoms. The van der Waals surface area contributed by atoms with Gasteiger partial charge in [-0.15, -0.1) is 0 Å². The van der Waals surface area contributed by atoms with Crippen molar-refractivity contribution in [1.29, 1.82) is 0 Å². The molecule has 0 heterocycles. The Kier molecular flexibility index (Phi) is 11.3. The molecule has 0 spiro atoms. The van der Waals surface area contributed by atoms with E-state index in [1.54, 1.807) is 27.2 Å². The number of allylic oxidation sites excluding steroid dienone is 1. The average Bonchev–Trinajstić information content (AvgIpc) is 3.24. The summed E-state index contributed by atoms with van der Waals surface area (Å²) in [5.41, 5.74) is 8.95. The number of hydrogen-bond acceptors (Lipinski definition) is 6. The molecule has 0 aliphatic heterocycles. The Balaban J connectivity index is 1.26. The van der Waals surface area contributed by atoms with Gasteiger partial charge in [-0.1, -0.05) is 86.8 Å². The molecule has 3 fully saturated rings. The van der Waals surface area contributed by atoms with Gasteiger partial charge in [-0.25, -0.2) is 0 Å². The van der Waals surface area contributed by atoms with E-state index < -0.39 is 0 Å². The van der Waals surface area contributed by atoms with Crippen LogP contribution in [0.4, 0.5) is 0 Å². The minimum atomic E-state index is -0.0743. The van der Waals surface area contributed by atoms with E-state index in [1.165, 1.54) is 64.2 Å². The van der Waals surface area contributed by atoms with Crippen molar-refractivity contribution in [3.63, 3.8) is 0 Å². The molecule has 4 rings (SSSR count). The summed E-state index contributed by atoms with van der Waals surface area (Å²) in [6.45, 7) is 15.3. The van der Waals surface area contributed by atoms with E-state index >= 15 is 0 Å². The maximum atomic E-state index is 12.6. The number of unbranched alkanes of at least 4 members (excludes halogenated alkanes) is 1. The van der Waals surface area contributed by atoms with Crippen molar-refractivity contribution >= 4 is 27.6 Å². The van der Waals surface area contributed by atoms with Gasteiger partial charge in [0.25, 0.3) is 0 Å². The quantitative estimate of drug-likeness (QED) is 0.0942. The lowest BCUT2D eigenvalue weighted by Gasteiger charge is -2.58. The minimum Gasteiger partial charge on any atom is -0.461 e. The SMILES string of the molecule is C=C(CSSCC(=O)OC1CCC2(C)C(=CCC3C2CCC2(C)C(CCCCC(C)C)CCC32)C1)NCCN. The second-order valence-electron chi connectivity index (χ2n) is 14.0. The number of nitrogens with one attached hydrogen (secondary N) is 1. The Morgan fingerprint density at radius 1 is 1.13 bits per heavy atom. The van der Waals surface area contributed by atoms with Crippen LogP contribution in [0, 0.1) is 40.4 Å². The van der Waals surface area contributed by atoms with E-state index in [-0.39, 0.29) is 12.1 Å². The molecule has 0 saturated heterocycles. The third-order valence-electron chi connectivity index (χ3n) is 11.1. The number of hydrogen-bond donors (Lipinski definition) is 2. The highest BCUT2D eigenvalue weighted by Crippen LogP contribution is 2.66. The first-order chi connectivity index (χ1) is 18.7. The van der Waals surface area contributed by atoms with Crippen molar-refractivity contribution in [2.24, 2.45) is 46.2 Å². The van der Waals surface area contributed by atoms with Gasteiger partial charge < -0.3 is 15.8 Å². The zero-order valence-corrected chi connectivity index (χ0v) is 26.9. The topological polar surface area (TPSA) is 64.3 Å². The maximum Gasteiger partial charge on any atom is 0.317 e. The Labute approximate surface area is 247 Å². The summed E-state index contributed by atoms with van der Waals surface area (Å²) in [7, 11) is 3.21. The van der Waals surface area contributed by atoms with Gasteiger partial charge in [0, 0.05) is 31.0 Å². The monoisotopic (exact) mass is 576 g/mol. The fraction of sp³-hybridized carbons (Fsp3) is 0.848. The van der Waals surface area contributed by atoms with E-state index in [4.69, 9.17) is 10.5 Å². The van der Waals surface area contributed by atoms with Crippen LogP contribution in [0.1, 0.15) is 105 Å². The Hall–Kier alpha value is -0.590. The van der Waals surface area contributed by atoms with Gasteiger partial charge in [-0.2, -0.15) is 0 Å². The summed E-state index contributed by atoms with van der Waals surface area (Å²) in [5, 5.41) is 3.19. The highest BCUT2D eigenvalue weighted by atomic mass is 33.1. The van der Waals surface area contributed by atoms with Gasteiger partial charge in [0.05, 0.1) is 0 Å². The van der Waals surface area contributed by atoms with Crippen LogP contribution in [0.3, 0.4) is 0 Å². The maximum absolute atomic E-state index is 12.6. The van der Waals surface area contributed by atoms with Crippen molar-refractivity contribution in [2.45, 2.75) is 111 Å². The molecule has 6 heteroatoms. The predicted octanol–water partition coefficient (Wildman–Crippen LogP) is 8.14. The van der Waals surface area contributed by atoms with Gasteiger partial charge in [0.2, 0.25) is 0 Å². The first-order valence-electron chi connectivity index (χ1n) is 15.9. The summed E-state index contributed by atoms with van der Waals surface area (Å²) in [5.74, 6) is 5.47. The lowest BCUT2D eigenvalue weighted by Crippen LogP contribution is -2.50. The van der Waals surface area contributed by atoms with E-state index in [2.05, 4.69) is 45.7 Å². The zero-order chi connectivity index (χ0) is 28.0. The molecule has 0 aromatic rings. The standard InChI is InChI=1S/C33H56N2O2S2/c1-23(2)8-6-7-9-25-11-13-29-28-12-10-26-20-27(14-16-33(26,5)30(28)15-17-32(25,29)4)37-31(36)22-39-38-21-24(3)35-19-18-34/h10,23,25,27-30,35H,3,6-9,11-22,34H2,1-2,4-5H3. The van der Waals surface area contributed by atoms with Crippen LogP contribution < -0.4 is 11.1 Å². The molecule has 7 unspecified atom stereocenters. The molecule has 0 amide bonds. The molecule has 3 N–H and O–H groups in total. The van der Waals surface area contributed by atoms with Gasteiger partial charge in [-0.3, -0.25) is 4.79 Å². The van der Waals surface area contributed by atoms with Crippen LogP contribution in [0.2, 0.25) is 0 Å². The van der Waals surface area contributed by atoms with E-state index in [1.807, 2.05) is 0 Å². The van der Waals surface area contributed by atoms with E-state index in [0.29, 0.717) is 23.1 Å². The van der Waals surface area contributed by atoms with Crippen LogP contribution in [0.15, 0.2) is 23.9 Å². The molecular weight excluding hydrogens is 521 g/mol. The van der Waals surface area contributed by atoms with Crippen LogP contribution in [0.5, 0.6) is 0 Å². The number of esters is 1. The highest BCUT2D eigenvalue weighted by molar-refractivity contribution is 8.76. The summed E-state index contributed by atoms with van der Waals surface area (Å²) < 4.78 is 5.99. The molecule has 4 aliphatic carbocycles. The molecule has 0 bridgehead atoms. The van der Waals surface area contributed by atoms with Crippen molar-refractivity contribution in [3.8, 4) is 0 Å². The van der Waals surface area contributed by atoms with Crippen LogP contribution in [-0.4, -0.2) is 36.7 Å². The van der Waals surface area contributed by atoms with Crippen LogP contribution >= 0.6 is 21.6 Å². The van der Waals surface area contributed by atoms with Gasteiger partial charge in [-0.05, 0) is 91.8 Å². The molecule has 4 aliphatic rings. The molecule has 222 valence electrons. The molecule has 4 nitrogen and oxygen atoms in total. The molecule has 0 aromatic heterocycles. The fourth-order valence-corrected chi connectivity index (χ4v) is 10.8. The summed E-state index contributed by atoms with van der Waals surface area (Å²) in [4.78, 5) is 12.6. The Bertz CT molecular complexity index is 876. The lowest BCUT2D eigenvalue weighted by molar-refractivity contribution is -0.148. The molecule has 0 aromatic carbocycles. The zero-order valence-electron chi connectivity index (χ0n) is 25.3. The summed E-state index contributed by atoms with van der Waals surface area (Å²) in [6, 6.07) is 0. The number of rotatable bonds is 14. The summed E-state index contributed by atoms with van der Waals surface area (Å²) in [6.07, 6.45) is 18.5. The van der Waals surface area contributed by atoms with Gasteiger partial charge in [0.15, 0.2) is 0 Å². The Morgan fingerprint density at radius 2 is 1.92 bits per heavy atom. The second kappa shape index (κ2) is 14.1. The van der Waals surface area contributed by atoms with Crippen molar-refractivity contribution in [2.75, 3.05) is 24.6 Å². The normalized spacial score (nSPS) is 35.5. The van der Waals surface area contributed by atoms with E-state index in [0.717, 1.165) is 60.4 Å². The average molecular weight is 577 g/mol. The third kappa shape index (κ3) is 7.44. The van der Waals surface area contributed by atoms with Crippen LogP contribution in [0.25, 0.3) is 0 Å². The second-order valence-corrected chi connectivity index (χ2v) is 16.4. The largest absolute Gasteiger partial charge is 0.461 e. The van der Waals surface area contributed by atoms with Gasteiger partial charge >= 0.3 is 5.97 Å². The first kappa shape index (κ1) is 31.3. The lowest BCUT2D eigenvalue weighted by atomic mass is 9.47. The fourth-order valence-electron chi connectivity index (χ4n) is 8.98. The predicted molar refractivity (Wildman–Crippen MR) is 169 cm³/mol. The van der Waals surface area contributed by atoms with Gasteiger partial charge in [0.1, 0.15) is 11.9 Å². The van der Waals surface area contributed by atoms with E-state index in [9.17, 15) is 4.79 Å². The number of carbonyl (C=O) groups is 1. The third-order valence-corrected chi connectivity index (χ3v) is 13.3. The summed E-state index contributed by atoms with van der Waals surface area (Å²) >= 11 is 0. The van der Waals surface area contributed by atoms with Crippen LogP contribution in [-0.2, 0) is 9.53 Å². The number of carbonyl (C=O) groups excluding carboxylic acids is 1. The molecular formula is C33H56N2O2S2. The van der Waals surface area contributed by atoms with Crippen molar-refractivity contribution < 1.29 is 9.53 Å². The highest BCUT2D eigenvalue weighted by Gasteiger charge is 2.58. The smallest absolute Gasteiger partial charge is 0.317 e. The molecule has 7 atom stereocenters.